The summed E-state index contributed by atoms with van der Waals surface area (Å²) in [6.45, 7) is 2.91. The number of hydrogen-bond acceptors (Lipinski definition) is 3. The van der Waals surface area contributed by atoms with Crippen molar-refractivity contribution in [2.24, 2.45) is 0 Å². The summed E-state index contributed by atoms with van der Waals surface area (Å²) >= 11 is 0. The van der Waals surface area contributed by atoms with Gasteiger partial charge in [0.15, 0.2) is 0 Å². The van der Waals surface area contributed by atoms with E-state index in [4.69, 9.17) is 0 Å². The summed E-state index contributed by atoms with van der Waals surface area (Å²) < 4.78 is 1.32. The maximum atomic E-state index is 12.3. The number of hydrogen-bond donors (Lipinski definition) is 1. The summed E-state index contributed by atoms with van der Waals surface area (Å²) in [5.41, 5.74) is 3.40. The number of benzene rings is 2. The Kier molecular flexibility index (Phi) is 6.15. The Bertz CT molecular complexity index is 947. The second-order valence-corrected chi connectivity index (χ2v) is 6.55. The van der Waals surface area contributed by atoms with E-state index in [0.717, 1.165) is 24.0 Å². The zero-order valence-corrected chi connectivity index (χ0v) is 15.4. The number of nitrogens with one attached hydrogen (secondary N) is 1. The Morgan fingerprint density at radius 3 is 2.44 bits per heavy atom. The van der Waals surface area contributed by atoms with Crippen molar-refractivity contribution in [3.05, 3.63) is 99.5 Å². The molecule has 0 spiro atoms. The number of carbonyl (C=O) groups excluding carboxylic acids is 1. The van der Waals surface area contributed by atoms with Gasteiger partial charge in [-0.2, -0.15) is 5.10 Å². The fourth-order valence-corrected chi connectivity index (χ4v) is 2.78. The molecule has 0 aliphatic heterocycles. The highest BCUT2D eigenvalue weighted by atomic mass is 16.2. The number of aromatic nitrogens is 2. The van der Waals surface area contributed by atoms with Gasteiger partial charge in [0.2, 0.25) is 0 Å². The van der Waals surface area contributed by atoms with E-state index in [0.29, 0.717) is 13.1 Å². The maximum Gasteiger partial charge on any atom is 0.271 e. The molecule has 138 valence electrons. The van der Waals surface area contributed by atoms with Gasteiger partial charge in [0.1, 0.15) is 5.69 Å². The van der Waals surface area contributed by atoms with Crippen molar-refractivity contribution >= 4 is 5.91 Å². The van der Waals surface area contributed by atoms with Crippen molar-refractivity contribution in [1.82, 2.24) is 15.1 Å². The molecule has 5 nitrogen and oxygen atoms in total. The summed E-state index contributed by atoms with van der Waals surface area (Å²) in [7, 11) is 0. The van der Waals surface area contributed by atoms with Crippen molar-refractivity contribution < 1.29 is 4.79 Å². The molecule has 5 heteroatoms. The number of nitrogens with zero attached hydrogens (tertiary/aromatic N) is 2. The van der Waals surface area contributed by atoms with E-state index >= 15 is 0 Å². The van der Waals surface area contributed by atoms with Gasteiger partial charge in [0, 0.05) is 12.6 Å². The first-order chi connectivity index (χ1) is 13.1. The van der Waals surface area contributed by atoms with Crippen LogP contribution in [0.15, 0.2) is 71.5 Å². The molecule has 1 heterocycles. The van der Waals surface area contributed by atoms with Crippen molar-refractivity contribution in [2.75, 3.05) is 6.54 Å². The molecule has 3 aromatic rings. The zero-order chi connectivity index (χ0) is 19.1. The predicted molar refractivity (Wildman–Crippen MR) is 106 cm³/mol. The van der Waals surface area contributed by atoms with E-state index in [1.165, 1.54) is 22.4 Å². The molecule has 2 aromatic carbocycles. The molecule has 0 saturated carbocycles. The van der Waals surface area contributed by atoms with Gasteiger partial charge in [-0.25, -0.2) is 4.68 Å². The lowest BCUT2D eigenvalue weighted by molar-refractivity contribution is 0.0945. The van der Waals surface area contributed by atoms with Gasteiger partial charge in [0.25, 0.3) is 11.5 Å². The van der Waals surface area contributed by atoms with Gasteiger partial charge in [0.05, 0.1) is 6.54 Å². The van der Waals surface area contributed by atoms with Crippen molar-refractivity contribution in [2.45, 2.75) is 26.3 Å². The largest absolute Gasteiger partial charge is 0.351 e. The fraction of sp³-hybridized carbons (Fsp3) is 0.227. The van der Waals surface area contributed by atoms with Crippen LogP contribution in [-0.4, -0.2) is 22.2 Å². The molecular weight excluding hydrogens is 338 g/mol. The minimum atomic E-state index is -0.263. The molecule has 1 aromatic heterocycles. The monoisotopic (exact) mass is 361 g/mol. The fourth-order valence-electron chi connectivity index (χ4n) is 2.78. The highest BCUT2D eigenvalue weighted by molar-refractivity contribution is 5.91. The minimum Gasteiger partial charge on any atom is -0.351 e. The average Bonchev–Trinajstić information content (AvgIpc) is 2.69. The van der Waals surface area contributed by atoms with Gasteiger partial charge in [-0.15, -0.1) is 0 Å². The first-order valence-electron chi connectivity index (χ1n) is 9.08. The molecule has 0 fully saturated rings. The van der Waals surface area contributed by atoms with Gasteiger partial charge in [-0.3, -0.25) is 9.59 Å². The topological polar surface area (TPSA) is 64.0 Å². The molecule has 1 N–H and O–H groups in total. The van der Waals surface area contributed by atoms with Crippen LogP contribution in [0.25, 0.3) is 0 Å². The molecule has 0 radical (unpaired) electrons. The Hall–Kier alpha value is -3.21. The highest BCUT2D eigenvalue weighted by Gasteiger charge is 2.09. The summed E-state index contributed by atoms with van der Waals surface area (Å²) in [6, 6.07) is 20.9. The number of aryl methyl sites for hydroxylation is 2. The third-order valence-electron chi connectivity index (χ3n) is 4.32. The molecule has 27 heavy (non-hydrogen) atoms. The van der Waals surface area contributed by atoms with E-state index in [1.807, 2.05) is 49.4 Å². The van der Waals surface area contributed by atoms with Crippen LogP contribution >= 0.6 is 0 Å². The second-order valence-electron chi connectivity index (χ2n) is 6.55. The maximum absolute atomic E-state index is 12.3. The van der Waals surface area contributed by atoms with Crippen LogP contribution in [-0.2, 0) is 13.0 Å². The molecule has 0 aliphatic carbocycles. The first kappa shape index (κ1) is 18.6. The molecule has 0 aliphatic rings. The van der Waals surface area contributed by atoms with Crippen LogP contribution in [0, 0.1) is 6.92 Å². The third-order valence-corrected chi connectivity index (χ3v) is 4.32. The number of carbonyl (C=O) groups is 1. The summed E-state index contributed by atoms with van der Waals surface area (Å²) in [5.74, 6) is -0.263. The minimum absolute atomic E-state index is 0.226. The molecular formula is C22H23N3O2. The average molecular weight is 361 g/mol. The molecule has 0 saturated heterocycles. The predicted octanol–water partition coefficient (Wildman–Crippen LogP) is 2.96. The van der Waals surface area contributed by atoms with E-state index in [-0.39, 0.29) is 17.2 Å². The molecule has 3 rings (SSSR count). The van der Waals surface area contributed by atoms with Crippen LogP contribution in [0.2, 0.25) is 0 Å². The SMILES string of the molecule is Cc1ccc(Cn2nc(C(=O)NCCCc3ccccc3)ccc2=O)cc1. The van der Waals surface area contributed by atoms with Crippen LogP contribution in [0.3, 0.4) is 0 Å². The Labute approximate surface area is 158 Å². The normalized spacial score (nSPS) is 10.6. The smallest absolute Gasteiger partial charge is 0.271 e. The Morgan fingerprint density at radius 1 is 0.963 bits per heavy atom. The lowest BCUT2D eigenvalue weighted by Gasteiger charge is -2.08. The van der Waals surface area contributed by atoms with Crippen molar-refractivity contribution in [3.8, 4) is 0 Å². The summed E-state index contributed by atoms with van der Waals surface area (Å²) in [6.07, 6.45) is 1.75. The second kappa shape index (κ2) is 8.94. The van der Waals surface area contributed by atoms with Crippen LogP contribution in [0.1, 0.15) is 33.6 Å². The van der Waals surface area contributed by atoms with E-state index < -0.39 is 0 Å². The third kappa shape index (κ3) is 5.38. The van der Waals surface area contributed by atoms with Crippen LogP contribution in [0.4, 0.5) is 0 Å². The zero-order valence-electron chi connectivity index (χ0n) is 15.4. The number of rotatable bonds is 7. The van der Waals surface area contributed by atoms with Crippen molar-refractivity contribution in [1.29, 1.82) is 0 Å². The molecule has 0 bridgehead atoms. The van der Waals surface area contributed by atoms with Gasteiger partial charge >= 0.3 is 0 Å². The van der Waals surface area contributed by atoms with Crippen LogP contribution < -0.4 is 10.9 Å². The Morgan fingerprint density at radius 2 is 1.70 bits per heavy atom. The first-order valence-corrected chi connectivity index (χ1v) is 9.08. The Balaban J connectivity index is 1.58. The summed E-state index contributed by atoms with van der Waals surface area (Å²) in [5, 5.41) is 7.09. The quantitative estimate of drug-likeness (QED) is 0.658. The lowest BCUT2D eigenvalue weighted by Crippen LogP contribution is -2.30. The molecule has 1 amide bonds. The lowest BCUT2D eigenvalue weighted by atomic mass is 10.1. The van der Waals surface area contributed by atoms with Gasteiger partial charge < -0.3 is 5.32 Å². The number of amides is 1. The summed E-state index contributed by atoms with van der Waals surface area (Å²) in [4.78, 5) is 24.4. The van der Waals surface area contributed by atoms with Crippen LogP contribution in [0.5, 0.6) is 0 Å². The van der Waals surface area contributed by atoms with Crippen molar-refractivity contribution in [3.63, 3.8) is 0 Å². The van der Waals surface area contributed by atoms with Gasteiger partial charge in [-0.05, 0) is 37.0 Å². The van der Waals surface area contributed by atoms with E-state index in [1.54, 1.807) is 0 Å². The standard InChI is InChI=1S/C22H23N3O2/c1-17-9-11-19(12-10-17)16-25-21(26)14-13-20(24-25)22(27)23-15-5-8-18-6-3-2-4-7-18/h2-4,6-7,9-14H,5,8,15-16H2,1H3,(H,23,27). The highest BCUT2D eigenvalue weighted by Crippen LogP contribution is 2.04. The van der Waals surface area contributed by atoms with E-state index in [9.17, 15) is 9.59 Å². The van der Waals surface area contributed by atoms with E-state index in [2.05, 4.69) is 22.5 Å². The molecule has 0 atom stereocenters. The molecule has 0 unspecified atom stereocenters. The van der Waals surface area contributed by atoms with Gasteiger partial charge in [-0.1, -0.05) is 60.2 Å².